The molecule has 2 nitrogen and oxygen atoms in total. The second-order valence-corrected chi connectivity index (χ2v) is 11.4. The fourth-order valence-electron chi connectivity index (χ4n) is 6.44. The highest BCUT2D eigenvalue weighted by Gasteiger charge is 2.20. The van der Waals surface area contributed by atoms with Gasteiger partial charge in [-0.1, -0.05) is 91.5 Å². The molecule has 0 aliphatic carbocycles. The predicted octanol–water partition coefficient (Wildman–Crippen LogP) is 10.4. The van der Waals surface area contributed by atoms with Gasteiger partial charge < -0.3 is 4.90 Å². The lowest BCUT2D eigenvalue weighted by Crippen LogP contribution is -2.25. The van der Waals surface area contributed by atoms with E-state index in [1.165, 1.54) is 55.0 Å². The number of nitrogens with zero attached hydrogens (tertiary/aromatic N) is 2. The Morgan fingerprint density at radius 1 is 0.568 bits per heavy atom. The predicted molar refractivity (Wildman–Crippen MR) is 185 cm³/mol. The number of hydrogen-bond donors (Lipinski definition) is 0. The molecule has 5 aromatic carbocycles. The monoisotopic (exact) mass is 563 g/mol. The van der Waals surface area contributed by atoms with Crippen LogP contribution in [0, 0.1) is 12.3 Å². The first-order chi connectivity index (χ1) is 21.7. The molecule has 0 spiro atoms. The summed E-state index contributed by atoms with van der Waals surface area (Å²) in [6.07, 6.45) is 8.36. The Labute approximate surface area is 257 Å². The number of aromatic nitrogens is 1. The molecule has 2 heteroatoms. The highest BCUT2D eigenvalue weighted by Crippen LogP contribution is 2.38. The Morgan fingerprint density at radius 2 is 1.27 bits per heavy atom. The number of hydrogen-bond acceptors (Lipinski definition) is 1. The SMILES string of the molecule is C=C1/C=C\C=C/N(c2ccc(-c3ccccc3)cc2)c2ccc(-c3ccc4c(c3)c3cccc(C)c5ccccc5[n+]4=3)cc21. The van der Waals surface area contributed by atoms with E-state index < -0.39 is 0 Å². The van der Waals surface area contributed by atoms with Crippen LogP contribution in [0.1, 0.15) is 11.1 Å². The van der Waals surface area contributed by atoms with Crippen LogP contribution in [0.25, 0.3) is 49.6 Å². The average Bonchev–Trinajstić information content (AvgIpc) is 3.06. The summed E-state index contributed by atoms with van der Waals surface area (Å²) >= 11 is 0. The first-order valence-electron chi connectivity index (χ1n) is 15.0. The van der Waals surface area contributed by atoms with Crippen molar-refractivity contribution >= 4 is 38.8 Å². The largest absolute Gasteiger partial charge is 0.317 e. The molecule has 0 unspecified atom stereocenters. The Bertz CT molecular complexity index is 2350. The average molecular weight is 564 g/mol. The van der Waals surface area contributed by atoms with Crippen molar-refractivity contribution in [2.45, 2.75) is 6.92 Å². The van der Waals surface area contributed by atoms with Crippen molar-refractivity contribution in [2.75, 3.05) is 4.90 Å². The van der Waals surface area contributed by atoms with E-state index in [4.69, 9.17) is 0 Å². The molecule has 8 rings (SSSR count). The maximum Gasteiger partial charge on any atom is 0.225 e. The number of allylic oxidation sites excluding steroid dienone is 4. The molecule has 3 heterocycles. The smallest absolute Gasteiger partial charge is 0.225 e. The molecule has 0 saturated carbocycles. The van der Waals surface area contributed by atoms with Crippen LogP contribution in [0.5, 0.6) is 0 Å². The molecule has 5 aromatic rings. The molecule has 0 atom stereocenters. The van der Waals surface area contributed by atoms with Gasteiger partial charge in [-0.3, -0.25) is 0 Å². The van der Waals surface area contributed by atoms with Crippen LogP contribution in [-0.2, 0) is 0 Å². The molecule has 0 fully saturated rings. The summed E-state index contributed by atoms with van der Waals surface area (Å²) in [7, 11) is 0. The van der Waals surface area contributed by atoms with Gasteiger partial charge >= 0.3 is 0 Å². The second-order valence-electron chi connectivity index (χ2n) is 11.4. The summed E-state index contributed by atoms with van der Waals surface area (Å²) < 4.78 is 2.38. The zero-order valence-corrected chi connectivity index (χ0v) is 24.6. The molecular formula is C42H31N2+. The third-order valence-electron chi connectivity index (χ3n) is 8.76. The maximum absolute atomic E-state index is 4.44. The molecule has 0 aromatic heterocycles. The third kappa shape index (κ3) is 4.31. The normalized spacial score (nSPS) is 14.4. The second kappa shape index (κ2) is 10.5. The molecule has 208 valence electrons. The van der Waals surface area contributed by atoms with E-state index in [0.29, 0.717) is 0 Å². The van der Waals surface area contributed by atoms with Crippen molar-refractivity contribution < 1.29 is 4.24 Å². The molecule has 0 radical (unpaired) electrons. The molecule has 3 aliphatic rings. The number of aryl methyl sites for hydroxylation is 1. The fraction of sp³-hybridized carbons (Fsp3) is 0.0238. The van der Waals surface area contributed by atoms with Crippen molar-refractivity contribution in [1.82, 2.24) is 0 Å². The minimum absolute atomic E-state index is 0.989. The first kappa shape index (κ1) is 25.9. The Kier molecular flexibility index (Phi) is 6.20. The molecule has 0 amide bonds. The highest BCUT2D eigenvalue weighted by molar-refractivity contribution is 5.91. The summed E-state index contributed by atoms with van der Waals surface area (Å²) in [4.78, 5) is 2.25. The number of anilines is 2. The van der Waals surface area contributed by atoms with Crippen LogP contribution in [0.3, 0.4) is 0 Å². The third-order valence-corrected chi connectivity index (χ3v) is 8.76. The van der Waals surface area contributed by atoms with Gasteiger partial charge in [0.15, 0.2) is 0 Å². The van der Waals surface area contributed by atoms with Crippen molar-refractivity contribution in [3.05, 3.63) is 181 Å². The summed E-state index contributed by atoms with van der Waals surface area (Å²) in [6, 6.07) is 48.1. The van der Waals surface area contributed by atoms with E-state index in [2.05, 4.69) is 181 Å². The summed E-state index contributed by atoms with van der Waals surface area (Å²) in [5, 5.41) is 3.77. The molecule has 0 bridgehead atoms. The van der Waals surface area contributed by atoms with E-state index >= 15 is 0 Å². The van der Waals surface area contributed by atoms with Gasteiger partial charge in [0.1, 0.15) is 5.39 Å². The van der Waals surface area contributed by atoms with Gasteiger partial charge in [0, 0.05) is 41.0 Å². The Morgan fingerprint density at radius 3 is 2.14 bits per heavy atom. The van der Waals surface area contributed by atoms with Gasteiger partial charge in [0.2, 0.25) is 16.4 Å². The van der Waals surface area contributed by atoms with Gasteiger partial charge in [0.05, 0.1) is 5.69 Å². The zero-order valence-electron chi connectivity index (χ0n) is 24.6. The topological polar surface area (TPSA) is 9.14 Å². The molecule has 44 heavy (non-hydrogen) atoms. The lowest BCUT2D eigenvalue weighted by atomic mass is 9.95. The molecular weight excluding hydrogens is 532 g/mol. The summed E-state index contributed by atoms with van der Waals surface area (Å²) in [5.74, 6) is 0. The standard InChI is InChI=1S/C42H31N2/c1-29-12-10-17-41-38-28-34(21-25-42(38)44(41)40-16-7-6-15-36(29)40)33-20-24-39-37(27-33)30(2)11-8-9-26-43(39)35-22-18-32(19-23-35)31-13-4-3-5-14-31/h3-28H,2H2,1H3/q+1/b11-8-,12-10?,17-10?,26-9-,29-12?,36-29?,41-17?,44-40?. The molecule has 0 saturated heterocycles. The Hall–Kier alpha value is -5.73. The lowest BCUT2D eigenvalue weighted by molar-refractivity contribution is -0.457. The van der Waals surface area contributed by atoms with Crippen LogP contribution in [0.4, 0.5) is 11.4 Å². The van der Waals surface area contributed by atoms with Crippen LogP contribution < -0.4 is 9.14 Å². The number of fused-ring (bicyclic) bond motifs is 6. The van der Waals surface area contributed by atoms with Gasteiger partial charge in [0.25, 0.3) is 0 Å². The van der Waals surface area contributed by atoms with Crippen molar-refractivity contribution in [3.8, 4) is 22.3 Å². The van der Waals surface area contributed by atoms with Crippen LogP contribution in [0.15, 0.2) is 164 Å². The van der Waals surface area contributed by atoms with Gasteiger partial charge in [-0.15, -0.1) is 0 Å². The highest BCUT2D eigenvalue weighted by atomic mass is 15.1. The number of rotatable bonds is 3. The van der Waals surface area contributed by atoms with Gasteiger partial charge in [-0.2, -0.15) is 4.24 Å². The van der Waals surface area contributed by atoms with Gasteiger partial charge in [-0.25, -0.2) is 0 Å². The summed E-state index contributed by atoms with van der Waals surface area (Å²) in [6.45, 7) is 6.62. The van der Waals surface area contributed by atoms with E-state index in [0.717, 1.165) is 22.5 Å². The number of benzene rings is 5. The minimum atomic E-state index is 0.989. The quantitative estimate of drug-likeness (QED) is 0.194. The molecule has 0 N–H and O–H groups in total. The molecule has 3 aliphatic heterocycles. The van der Waals surface area contributed by atoms with Crippen LogP contribution in [-0.4, -0.2) is 0 Å². The zero-order chi connectivity index (χ0) is 29.6. The van der Waals surface area contributed by atoms with E-state index in [1.54, 1.807) is 0 Å². The summed E-state index contributed by atoms with van der Waals surface area (Å²) in [5.41, 5.74) is 12.9. The van der Waals surface area contributed by atoms with Gasteiger partial charge in [-0.05, 0) is 88.9 Å². The van der Waals surface area contributed by atoms with Crippen LogP contribution >= 0.6 is 0 Å². The van der Waals surface area contributed by atoms with E-state index in [1.807, 2.05) is 0 Å². The van der Waals surface area contributed by atoms with Crippen molar-refractivity contribution in [2.24, 2.45) is 0 Å². The van der Waals surface area contributed by atoms with E-state index in [9.17, 15) is 0 Å². The maximum atomic E-state index is 4.44. The number of para-hydroxylation sites is 1. The minimum Gasteiger partial charge on any atom is -0.317 e. The lowest BCUT2D eigenvalue weighted by Gasteiger charge is -2.26. The first-order valence-corrected chi connectivity index (χ1v) is 15.0. The Balaban J connectivity index is 1.22. The fourth-order valence-corrected chi connectivity index (χ4v) is 6.44. The van der Waals surface area contributed by atoms with Crippen molar-refractivity contribution in [3.63, 3.8) is 0 Å². The van der Waals surface area contributed by atoms with Crippen LogP contribution in [0.2, 0.25) is 0 Å². The van der Waals surface area contributed by atoms with Crippen molar-refractivity contribution in [1.29, 1.82) is 0 Å². The van der Waals surface area contributed by atoms with E-state index in [-0.39, 0.29) is 0 Å².